The van der Waals surface area contributed by atoms with Crippen LogP contribution in [0.3, 0.4) is 0 Å². The van der Waals surface area contributed by atoms with Crippen LogP contribution in [0.2, 0.25) is 0 Å². The van der Waals surface area contributed by atoms with Crippen LogP contribution in [0, 0.1) is 11.3 Å². The van der Waals surface area contributed by atoms with E-state index in [1.165, 1.54) is 12.3 Å². The maximum Gasteiger partial charge on any atom is 0.488 e. The van der Waals surface area contributed by atoms with Crippen molar-refractivity contribution in [3.63, 3.8) is 0 Å². The summed E-state index contributed by atoms with van der Waals surface area (Å²) in [5.41, 5.74) is 3.16. The van der Waals surface area contributed by atoms with Gasteiger partial charge in [0, 0.05) is 41.3 Å². The van der Waals surface area contributed by atoms with Crippen LogP contribution in [0.15, 0.2) is 53.6 Å². The average molecular weight is 534 g/mol. The molecule has 0 saturated carbocycles. The van der Waals surface area contributed by atoms with Crippen LogP contribution in [0.1, 0.15) is 18.5 Å². The number of rotatable bonds is 6. The molecule has 1 aliphatic heterocycles. The molecule has 10 nitrogen and oxygen atoms in total. The van der Waals surface area contributed by atoms with Crippen LogP contribution >= 0.6 is 0 Å². The molecule has 1 fully saturated rings. The number of hydrogen-bond acceptors (Lipinski definition) is 8. The Labute approximate surface area is 215 Å². The molecular weight excluding hydrogens is 513 g/mol. The number of aromatic amines is 1. The van der Waals surface area contributed by atoms with Crippen LogP contribution in [-0.2, 0) is 10.5 Å². The van der Waals surface area contributed by atoms with E-state index in [0.29, 0.717) is 69.6 Å². The van der Waals surface area contributed by atoms with Gasteiger partial charge in [0.2, 0.25) is 0 Å². The molecule has 0 bridgehead atoms. The van der Waals surface area contributed by atoms with Crippen molar-refractivity contribution in [2.75, 3.05) is 19.7 Å². The fraction of sp³-hybridized carbons (Fsp3) is 0.192. The summed E-state index contributed by atoms with van der Waals surface area (Å²) in [5.74, 6) is 0.0795. The number of pyridine rings is 2. The second-order valence-electron chi connectivity index (χ2n) is 8.92. The molecule has 0 spiro atoms. The van der Waals surface area contributed by atoms with Gasteiger partial charge in [-0.1, -0.05) is 9.95 Å². The number of benzene rings is 2. The highest BCUT2D eigenvalue weighted by Gasteiger charge is 2.26. The highest BCUT2D eigenvalue weighted by atomic mass is 32.3. The van der Waals surface area contributed by atoms with Gasteiger partial charge in [0.1, 0.15) is 11.4 Å². The Bertz CT molecular complexity index is 1970. The van der Waals surface area contributed by atoms with Crippen LogP contribution < -0.4 is 19.7 Å². The minimum absolute atomic E-state index is 0.0411. The second-order valence-corrected chi connectivity index (χ2v) is 9.87. The van der Waals surface area contributed by atoms with Crippen LogP contribution in [0.25, 0.3) is 44.0 Å². The molecule has 0 radical (unpaired) electrons. The summed E-state index contributed by atoms with van der Waals surface area (Å²) in [6.45, 7) is 3.48. The van der Waals surface area contributed by atoms with E-state index in [1.807, 2.05) is 0 Å². The third-order valence-corrected chi connectivity index (χ3v) is 7.01. The summed E-state index contributed by atoms with van der Waals surface area (Å²) in [6, 6.07) is 12.1. The lowest BCUT2D eigenvalue weighted by atomic mass is 10.0. The summed E-state index contributed by atoms with van der Waals surface area (Å²) >= 11 is 0. The van der Waals surface area contributed by atoms with Gasteiger partial charge >= 0.3 is 10.5 Å². The number of nitrogens with one attached hydrogen (secondary N) is 2. The smallest absolute Gasteiger partial charge is 0.488 e. The summed E-state index contributed by atoms with van der Waals surface area (Å²) in [6.07, 6.45) is 2.56. The van der Waals surface area contributed by atoms with E-state index >= 15 is 0 Å². The van der Waals surface area contributed by atoms with Gasteiger partial charge in [0.05, 0.1) is 46.8 Å². The lowest BCUT2D eigenvalue weighted by molar-refractivity contribution is 0.341. The number of halogens is 1. The first kappa shape index (κ1) is 23.9. The molecule has 38 heavy (non-hydrogen) atoms. The number of fused-ring (bicyclic) bond motifs is 4. The van der Waals surface area contributed by atoms with Gasteiger partial charge in [0.15, 0.2) is 11.2 Å². The fourth-order valence-electron chi connectivity index (χ4n) is 4.93. The Morgan fingerprint density at radius 1 is 1.18 bits per heavy atom. The van der Waals surface area contributed by atoms with E-state index < -0.39 is 10.5 Å². The number of nitriles is 1. The van der Waals surface area contributed by atoms with Crippen molar-refractivity contribution >= 4 is 43.3 Å². The van der Waals surface area contributed by atoms with Gasteiger partial charge in [0.25, 0.3) is 0 Å². The van der Waals surface area contributed by atoms with Crippen molar-refractivity contribution in [1.29, 1.82) is 5.26 Å². The third-order valence-electron chi connectivity index (χ3n) is 6.62. The van der Waals surface area contributed by atoms with Crippen molar-refractivity contribution in [1.82, 2.24) is 19.9 Å². The molecule has 1 saturated heterocycles. The Balaban J connectivity index is 1.69. The van der Waals surface area contributed by atoms with Crippen molar-refractivity contribution in [3.05, 3.63) is 64.6 Å². The van der Waals surface area contributed by atoms with E-state index in [2.05, 4.69) is 30.1 Å². The molecule has 2 N–H and O–H groups in total. The lowest BCUT2D eigenvalue weighted by Gasteiger charge is -2.32. The normalized spacial score (nSPS) is 14.0. The maximum atomic E-state index is 13.9. The van der Waals surface area contributed by atoms with Gasteiger partial charge < -0.3 is 23.8 Å². The average Bonchev–Trinajstić information content (AvgIpc) is 3.23. The van der Waals surface area contributed by atoms with Crippen molar-refractivity contribution < 1.29 is 21.2 Å². The minimum Gasteiger partial charge on any atom is -0.493 e. The Morgan fingerprint density at radius 3 is 2.68 bits per heavy atom. The third kappa shape index (κ3) is 3.93. The van der Waals surface area contributed by atoms with E-state index in [0.717, 1.165) is 11.6 Å². The molecule has 0 unspecified atom stereocenters. The van der Waals surface area contributed by atoms with Crippen molar-refractivity contribution in [2.45, 2.75) is 13.0 Å². The predicted octanol–water partition coefficient (Wildman–Crippen LogP) is 3.71. The number of H-pyrrole nitrogens is 1. The molecule has 0 amide bonds. The molecule has 4 heterocycles. The highest BCUT2D eigenvalue weighted by Crippen LogP contribution is 2.38. The Kier molecular flexibility index (Phi) is 5.55. The second kappa shape index (κ2) is 8.83. The van der Waals surface area contributed by atoms with Gasteiger partial charge in [-0.2, -0.15) is 13.7 Å². The maximum absolute atomic E-state index is 13.9. The predicted molar refractivity (Wildman–Crippen MR) is 139 cm³/mol. The summed E-state index contributed by atoms with van der Waals surface area (Å²) in [7, 11) is -5.24. The summed E-state index contributed by atoms with van der Waals surface area (Å²) < 4.78 is 47.5. The van der Waals surface area contributed by atoms with E-state index in [-0.39, 0.29) is 17.2 Å². The molecule has 5 aromatic rings. The molecule has 192 valence electrons. The zero-order valence-corrected chi connectivity index (χ0v) is 20.8. The van der Waals surface area contributed by atoms with E-state index in [9.17, 15) is 22.4 Å². The van der Waals surface area contributed by atoms with Crippen molar-refractivity contribution in [2.24, 2.45) is 0 Å². The van der Waals surface area contributed by atoms with Gasteiger partial charge in [-0.3, -0.25) is 9.78 Å². The first-order valence-corrected chi connectivity index (χ1v) is 13.1. The molecule has 12 heteroatoms. The zero-order valence-electron chi connectivity index (χ0n) is 20.0. The van der Waals surface area contributed by atoms with Gasteiger partial charge in [-0.25, -0.2) is 0 Å². The minimum atomic E-state index is -5.24. The SMILES string of the molecule is CCOc1cc2c(=O)c3c4ccc(C#N)cc4[nH]c3n(C3CNC3)c2cc1-c1cncc(OS(=O)(=O)F)c1. The largest absolute Gasteiger partial charge is 0.493 e. The fourth-order valence-corrected chi connectivity index (χ4v) is 5.25. The standard InChI is InChI=1S/C26H20FN5O5S/c1-2-36-23-8-20-22(7-19(23)15-6-17(13-29-10-15)37-38(27,34)35)32(16-11-30-12-16)26-24(25(20)33)18-4-3-14(9-28)5-21(18)31-26/h3-8,10,13,16,30-31H,2,11-12H2,1H3. The van der Waals surface area contributed by atoms with Gasteiger partial charge in [-0.05, 0) is 37.3 Å². The molecule has 1 aliphatic rings. The number of hydrogen-bond donors (Lipinski definition) is 2. The van der Waals surface area contributed by atoms with E-state index in [1.54, 1.807) is 37.3 Å². The molecule has 6 rings (SSSR count). The topological polar surface area (TPSA) is 139 Å². The monoisotopic (exact) mass is 533 g/mol. The molecular formula is C26H20FN5O5S. The lowest BCUT2D eigenvalue weighted by Crippen LogP contribution is -2.44. The Morgan fingerprint density at radius 2 is 2.00 bits per heavy atom. The van der Waals surface area contributed by atoms with Crippen LogP contribution in [-0.4, -0.2) is 42.6 Å². The summed E-state index contributed by atoms with van der Waals surface area (Å²) in [5, 5.41) is 14.3. The first-order valence-electron chi connectivity index (χ1n) is 11.8. The van der Waals surface area contributed by atoms with E-state index in [4.69, 9.17) is 4.74 Å². The highest BCUT2D eigenvalue weighted by molar-refractivity contribution is 7.81. The van der Waals surface area contributed by atoms with Crippen molar-refractivity contribution in [3.8, 4) is 28.7 Å². The molecule has 0 atom stereocenters. The quantitative estimate of drug-likeness (QED) is 0.315. The van der Waals surface area contributed by atoms with Crippen LogP contribution in [0.5, 0.6) is 11.5 Å². The van der Waals surface area contributed by atoms with Crippen LogP contribution in [0.4, 0.5) is 3.89 Å². The Hall–Kier alpha value is -4.47. The molecule has 2 aromatic carbocycles. The molecule has 0 aliphatic carbocycles. The summed E-state index contributed by atoms with van der Waals surface area (Å²) in [4.78, 5) is 21.3. The first-order chi connectivity index (χ1) is 18.3. The number of ether oxygens (including phenoxy) is 1. The zero-order chi connectivity index (χ0) is 26.6. The number of aromatic nitrogens is 3. The molecule has 3 aromatic heterocycles. The van der Waals surface area contributed by atoms with Gasteiger partial charge in [-0.15, -0.1) is 0 Å². The number of nitrogens with zero attached hydrogens (tertiary/aromatic N) is 3.